The zero-order valence-electron chi connectivity index (χ0n) is 12.4. The number of thiazole rings is 1. The summed E-state index contributed by atoms with van der Waals surface area (Å²) in [6.07, 6.45) is -3.77. The topological polar surface area (TPSA) is 42.0 Å². The van der Waals surface area contributed by atoms with Gasteiger partial charge in [0.25, 0.3) is 0 Å². The van der Waals surface area contributed by atoms with Crippen LogP contribution in [0.5, 0.6) is 0 Å². The standard InChI is InChI=1S/C16H15F3N2OS/c1-9-21-12(8-23-9)7-20-15(22)14-6-13(14)10-3-2-4-11(5-10)16(17,18)19/h2-5,8,13-14H,6-7H2,1H3,(H,20,22)/t13-,14+/m1/s1. The molecular formula is C16H15F3N2OS. The second kappa shape index (κ2) is 5.96. The molecule has 7 heteroatoms. The number of nitrogens with one attached hydrogen (secondary N) is 1. The molecule has 3 nitrogen and oxygen atoms in total. The molecule has 0 aliphatic heterocycles. The van der Waals surface area contributed by atoms with Gasteiger partial charge in [0.05, 0.1) is 22.8 Å². The van der Waals surface area contributed by atoms with E-state index in [0.717, 1.165) is 22.8 Å². The van der Waals surface area contributed by atoms with Crippen LogP contribution in [0.1, 0.15) is 34.2 Å². The highest BCUT2D eigenvalue weighted by molar-refractivity contribution is 7.09. The van der Waals surface area contributed by atoms with Crippen LogP contribution in [-0.4, -0.2) is 10.9 Å². The van der Waals surface area contributed by atoms with Crippen LogP contribution in [0.25, 0.3) is 0 Å². The highest BCUT2D eigenvalue weighted by atomic mass is 32.1. The molecule has 1 aromatic heterocycles. The summed E-state index contributed by atoms with van der Waals surface area (Å²) in [7, 11) is 0. The molecule has 3 rings (SSSR count). The fourth-order valence-electron chi connectivity index (χ4n) is 2.60. The van der Waals surface area contributed by atoms with Gasteiger partial charge in [0.15, 0.2) is 0 Å². The number of carbonyl (C=O) groups is 1. The molecule has 1 N–H and O–H groups in total. The first-order valence-electron chi connectivity index (χ1n) is 7.20. The molecule has 1 aliphatic rings. The number of alkyl halides is 3. The molecule has 1 aromatic carbocycles. The molecule has 0 saturated heterocycles. The van der Waals surface area contributed by atoms with Gasteiger partial charge in [0.1, 0.15) is 0 Å². The van der Waals surface area contributed by atoms with Gasteiger partial charge in [0, 0.05) is 11.3 Å². The van der Waals surface area contributed by atoms with Crippen molar-refractivity contribution in [1.82, 2.24) is 10.3 Å². The fraction of sp³-hybridized carbons (Fsp3) is 0.375. The minimum Gasteiger partial charge on any atom is -0.350 e. The van der Waals surface area contributed by atoms with E-state index in [1.165, 1.54) is 17.4 Å². The van der Waals surface area contributed by atoms with E-state index in [9.17, 15) is 18.0 Å². The quantitative estimate of drug-likeness (QED) is 0.917. The Labute approximate surface area is 135 Å². The third-order valence-corrected chi connectivity index (χ3v) is 4.70. The van der Waals surface area contributed by atoms with E-state index in [4.69, 9.17) is 0 Å². The lowest BCUT2D eigenvalue weighted by Crippen LogP contribution is -2.25. The Morgan fingerprint density at radius 1 is 1.43 bits per heavy atom. The molecule has 1 aliphatic carbocycles. The van der Waals surface area contributed by atoms with Crippen LogP contribution in [-0.2, 0) is 17.5 Å². The summed E-state index contributed by atoms with van der Waals surface area (Å²) in [4.78, 5) is 16.4. The van der Waals surface area contributed by atoms with Crippen molar-refractivity contribution in [2.45, 2.75) is 32.0 Å². The van der Waals surface area contributed by atoms with Gasteiger partial charge in [-0.2, -0.15) is 13.2 Å². The molecule has 1 saturated carbocycles. The molecule has 0 radical (unpaired) electrons. The lowest BCUT2D eigenvalue weighted by atomic mass is 10.1. The van der Waals surface area contributed by atoms with Crippen molar-refractivity contribution < 1.29 is 18.0 Å². The molecule has 2 aromatic rings. The first kappa shape index (κ1) is 16.0. The average Bonchev–Trinajstić information content (AvgIpc) is 3.20. The Morgan fingerprint density at radius 3 is 2.87 bits per heavy atom. The number of hydrogen-bond acceptors (Lipinski definition) is 3. The Kier molecular flexibility index (Phi) is 4.14. The highest BCUT2D eigenvalue weighted by Crippen LogP contribution is 2.48. The monoisotopic (exact) mass is 340 g/mol. The fourth-order valence-corrected chi connectivity index (χ4v) is 3.21. The van der Waals surface area contributed by atoms with Crippen LogP contribution >= 0.6 is 11.3 Å². The van der Waals surface area contributed by atoms with E-state index in [1.54, 1.807) is 6.07 Å². The molecule has 1 heterocycles. The predicted octanol–water partition coefficient (Wildman–Crippen LogP) is 3.89. The molecule has 0 spiro atoms. The van der Waals surface area contributed by atoms with Crippen molar-refractivity contribution in [3.63, 3.8) is 0 Å². The number of nitrogens with zero attached hydrogens (tertiary/aromatic N) is 1. The molecule has 122 valence electrons. The zero-order valence-corrected chi connectivity index (χ0v) is 13.2. The summed E-state index contributed by atoms with van der Waals surface area (Å²) in [6, 6.07) is 5.23. The number of aryl methyl sites for hydroxylation is 1. The Bertz CT molecular complexity index is 726. The van der Waals surface area contributed by atoms with Crippen molar-refractivity contribution in [3.8, 4) is 0 Å². The van der Waals surface area contributed by atoms with Crippen molar-refractivity contribution >= 4 is 17.2 Å². The molecule has 1 amide bonds. The zero-order chi connectivity index (χ0) is 16.6. The first-order valence-corrected chi connectivity index (χ1v) is 8.08. The maximum absolute atomic E-state index is 12.7. The molecule has 2 atom stereocenters. The van der Waals surface area contributed by atoms with Gasteiger partial charge in [0.2, 0.25) is 5.91 Å². The van der Waals surface area contributed by atoms with Gasteiger partial charge in [-0.05, 0) is 30.9 Å². The van der Waals surface area contributed by atoms with Crippen molar-refractivity contribution in [1.29, 1.82) is 0 Å². The number of hydrogen-bond donors (Lipinski definition) is 1. The summed E-state index contributed by atoms with van der Waals surface area (Å²) in [5.74, 6) is -0.509. The van der Waals surface area contributed by atoms with Gasteiger partial charge in [-0.15, -0.1) is 11.3 Å². The summed E-state index contributed by atoms with van der Waals surface area (Å²) < 4.78 is 38.2. The van der Waals surface area contributed by atoms with E-state index in [1.807, 2.05) is 12.3 Å². The molecule has 0 bridgehead atoms. The molecule has 23 heavy (non-hydrogen) atoms. The molecule has 1 fully saturated rings. The number of amides is 1. The van der Waals surface area contributed by atoms with E-state index in [-0.39, 0.29) is 17.7 Å². The lowest BCUT2D eigenvalue weighted by Gasteiger charge is -2.08. The van der Waals surface area contributed by atoms with Crippen LogP contribution in [0.4, 0.5) is 13.2 Å². The van der Waals surface area contributed by atoms with Gasteiger partial charge in [-0.1, -0.05) is 18.2 Å². The Morgan fingerprint density at radius 2 is 2.22 bits per heavy atom. The smallest absolute Gasteiger partial charge is 0.350 e. The minimum atomic E-state index is -4.36. The average molecular weight is 340 g/mol. The highest BCUT2D eigenvalue weighted by Gasteiger charge is 2.44. The van der Waals surface area contributed by atoms with Gasteiger partial charge in [-0.3, -0.25) is 4.79 Å². The van der Waals surface area contributed by atoms with Crippen LogP contribution in [0.2, 0.25) is 0 Å². The normalized spacial score (nSPS) is 20.3. The summed E-state index contributed by atoms with van der Waals surface area (Å²) in [5.41, 5.74) is 0.709. The maximum atomic E-state index is 12.7. The summed E-state index contributed by atoms with van der Waals surface area (Å²) in [6.45, 7) is 2.25. The number of benzene rings is 1. The number of aromatic nitrogens is 1. The summed E-state index contributed by atoms with van der Waals surface area (Å²) in [5, 5.41) is 5.62. The van der Waals surface area contributed by atoms with E-state index < -0.39 is 11.7 Å². The maximum Gasteiger partial charge on any atom is 0.416 e. The van der Waals surface area contributed by atoms with Crippen molar-refractivity contribution in [3.05, 3.63) is 51.5 Å². The van der Waals surface area contributed by atoms with Crippen LogP contribution < -0.4 is 5.32 Å². The number of rotatable bonds is 4. The predicted molar refractivity (Wildman–Crippen MR) is 81.0 cm³/mol. The van der Waals surface area contributed by atoms with Gasteiger partial charge in [-0.25, -0.2) is 4.98 Å². The SMILES string of the molecule is Cc1nc(CNC(=O)[C@H]2C[C@@H]2c2cccc(C(F)(F)F)c2)cs1. The number of halogens is 3. The second-order valence-corrected chi connectivity index (χ2v) is 6.71. The van der Waals surface area contributed by atoms with E-state index in [2.05, 4.69) is 10.3 Å². The lowest BCUT2D eigenvalue weighted by molar-refractivity contribution is -0.137. The van der Waals surface area contributed by atoms with Crippen LogP contribution in [0.3, 0.4) is 0 Å². The Balaban J connectivity index is 1.59. The first-order chi connectivity index (χ1) is 10.8. The second-order valence-electron chi connectivity index (χ2n) is 5.65. The van der Waals surface area contributed by atoms with Gasteiger partial charge >= 0.3 is 6.18 Å². The summed E-state index contributed by atoms with van der Waals surface area (Å²) >= 11 is 1.51. The third kappa shape index (κ3) is 3.72. The Hall–Kier alpha value is -1.89. The molecular weight excluding hydrogens is 325 g/mol. The van der Waals surface area contributed by atoms with Gasteiger partial charge < -0.3 is 5.32 Å². The number of carbonyl (C=O) groups excluding carboxylic acids is 1. The van der Waals surface area contributed by atoms with Crippen molar-refractivity contribution in [2.24, 2.45) is 5.92 Å². The van der Waals surface area contributed by atoms with Crippen LogP contribution in [0, 0.1) is 12.8 Å². The van der Waals surface area contributed by atoms with E-state index >= 15 is 0 Å². The van der Waals surface area contributed by atoms with E-state index in [0.29, 0.717) is 18.5 Å². The molecule has 0 unspecified atom stereocenters. The third-order valence-electron chi connectivity index (χ3n) is 3.88. The largest absolute Gasteiger partial charge is 0.416 e. The minimum absolute atomic E-state index is 0.127. The van der Waals surface area contributed by atoms with Crippen LogP contribution in [0.15, 0.2) is 29.6 Å². The van der Waals surface area contributed by atoms with Crippen molar-refractivity contribution in [2.75, 3.05) is 0 Å².